The van der Waals surface area contributed by atoms with Gasteiger partial charge in [0.2, 0.25) is 5.91 Å². The van der Waals surface area contributed by atoms with E-state index in [9.17, 15) is 14.4 Å². The van der Waals surface area contributed by atoms with Crippen molar-refractivity contribution in [3.05, 3.63) is 46.2 Å². The van der Waals surface area contributed by atoms with Gasteiger partial charge in [-0.3, -0.25) is 19.5 Å². The number of amides is 3. The second-order valence-electron chi connectivity index (χ2n) is 6.53. The molecule has 2 N–H and O–H groups in total. The summed E-state index contributed by atoms with van der Waals surface area (Å²) in [5.41, 5.74) is 0.305. The van der Waals surface area contributed by atoms with E-state index in [1.807, 2.05) is 0 Å². The number of thioether (sulfide) groups is 1. The van der Waals surface area contributed by atoms with Crippen molar-refractivity contribution in [1.82, 2.24) is 20.2 Å². The van der Waals surface area contributed by atoms with Crippen molar-refractivity contribution in [2.75, 3.05) is 12.3 Å². The highest BCUT2D eigenvalue weighted by Crippen LogP contribution is 2.21. The predicted molar refractivity (Wildman–Crippen MR) is 113 cm³/mol. The lowest BCUT2D eigenvalue weighted by Gasteiger charge is -2.14. The standard InChI is InChI=1S/C19H23ClN4O3S/c1-4-8-21-18(27)23-16(25)11-28-19-22-15-10-13(20)5-6-14(15)17(26)24(19)9-7-12(2)3/h4-6,10,12H,1,7-9,11H2,2-3H3,(H2,21,23,25,27). The van der Waals surface area contributed by atoms with Crippen LogP contribution in [-0.2, 0) is 11.3 Å². The van der Waals surface area contributed by atoms with Crippen LogP contribution >= 0.6 is 23.4 Å². The van der Waals surface area contributed by atoms with Crippen molar-refractivity contribution in [2.24, 2.45) is 5.92 Å². The van der Waals surface area contributed by atoms with Gasteiger partial charge in [0.25, 0.3) is 5.56 Å². The summed E-state index contributed by atoms with van der Waals surface area (Å²) in [6.45, 7) is 8.38. The van der Waals surface area contributed by atoms with Gasteiger partial charge in [-0.2, -0.15) is 0 Å². The molecular formula is C19H23ClN4O3S. The average Bonchev–Trinajstić information content (AvgIpc) is 2.63. The Kier molecular flexibility index (Phi) is 8.07. The molecule has 9 heteroatoms. The smallest absolute Gasteiger partial charge is 0.321 e. The number of halogens is 1. The van der Waals surface area contributed by atoms with Crippen molar-refractivity contribution in [3.63, 3.8) is 0 Å². The third kappa shape index (κ3) is 6.10. The molecule has 3 amide bonds. The number of benzene rings is 1. The predicted octanol–water partition coefficient (Wildman–Crippen LogP) is 3.20. The number of imide groups is 1. The number of hydrogen-bond donors (Lipinski definition) is 2. The summed E-state index contributed by atoms with van der Waals surface area (Å²) in [5, 5.41) is 6.06. The number of aromatic nitrogens is 2. The lowest BCUT2D eigenvalue weighted by molar-refractivity contribution is -0.117. The van der Waals surface area contributed by atoms with Crippen LogP contribution in [0.15, 0.2) is 40.8 Å². The van der Waals surface area contributed by atoms with Gasteiger partial charge in [0, 0.05) is 18.1 Å². The van der Waals surface area contributed by atoms with Crippen molar-refractivity contribution in [2.45, 2.75) is 32.0 Å². The van der Waals surface area contributed by atoms with Gasteiger partial charge in [-0.15, -0.1) is 6.58 Å². The van der Waals surface area contributed by atoms with E-state index in [0.717, 1.165) is 18.2 Å². The van der Waals surface area contributed by atoms with E-state index >= 15 is 0 Å². The molecule has 7 nitrogen and oxygen atoms in total. The summed E-state index contributed by atoms with van der Waals surface area (Å²) >= 11 is 7.13. The third-order valence-electron chi connectivity index (χ3n) is 3.80. The fourth-order valence-corrected chi connectivity index (χ4v) is 3.36. The molecule has 0 radical (unpaired) electrons. The Hall–Kier alpha value is -2.32. The van der Waals surface area contributed by atoms with E-state index < -0.39 is 11.9 Å². The Balaban J connectivity index is 2.24. The Morgan fingerprint density at radius 2 is 2.14 bits per heavy atom. The minimum Gasteiger partial charge on any atom is -0.334 e. The van der Waals surface area contributed by atoms with Crippen LogP contribution in [-0.4, -0.2) is 33.8 Å². The molecule has 0 bridgehead atoms. The van der Waals surface area contributed by atoms with Crippen molar-refractivity contribution < 1.29 is 9.59 Å². The van der Waals surface area contributed by atoms with E-state index in [1.54, 1.807) is 22.8 Å². The van der Waals surface area contributed by atoms with Crippen molar-refractivity contribution in [3.8, 4) is 0 Å². The van der Waals surface area contributed by atoms with E-state index in [4.69, 9.17) is 11.6 Å². The number of hydrogen-bond acceptors (Lipinski definition) is 5. The van der Waals surface area contributed by atoms with Crippen molar-refractivity contribution in [1.29, 1.82) is 0 Å². The fraction of sp³-hybridized carbons (Fsp3) is 0.368. The number of carbonyl (C=O) groups is 2. The quantitative estimate of drug-likeness (QED) is 0.387. The minimum atomic E-state index is -0.596. The van der Waals surface area contributed by atoms with Gasteiger partial charge in [0.05, 0.1) is 16.7 Å². The first-order chi connectivity index (χ1) is 13.3. The molecule has 0 fully saturated rings. The van der Waals surface area contributed by atoms with Gasteiger partial charge in [-0.25, -0.2) is 9.78 Å². The first-order valence-electron chi connectivity index (χ1n) is 8.83. The zero-order chi connectivity index (χ0) is 20.7. The van der Waals surface area contributed by atoms with Gasteiger partial charge < -0.3 is 5.32 Å². The Morgan fingerprint density at radius 1 is 1.39 bits per heavy atom. The molecule has 0 atom stereocenters. The third-order valence-corrected chi connectivity index (χ3v) is 5.02. The topological polar surface area (TPSA) is 93.1 Å². The molecule has 1 aromatic heterocycles. The van der Waals surface area contributed by atoms with Crippen LogP contribution in [0, 0.1) is 5.92 Å². The molecule has 1 aromatic carbocycles. The molecule has 2 rings (SSSR count). The van der Waals surface area contributed by atoms with Crippen LogP contribution < -0.4 is 16.2 Å². The summed E-state index contributed by atoms with van der Waals surface area (Å²) in [6, 6.07) is 4.34. The maximum absolute atomic E-state index is 12.9. The van der Waals surface area contributed by atoms with E-state index in [1.165, 1.54) is 6.08 Å². The van der Waals surface area contributed by atoms with Gasteiger partial charge in [0.15, 0.2) is 5.16 Å². The number of nitrogens with one attached hydrogen (secondary N) is 2. The van der Waals surface area contributed by atoms with Gasteiger partial charge in [-0.05, 0) is 30.5 Å². The lowest BCUT2D eigenvalue weighted by Crippen LogP contribution is -2.40. The lowest BCUT2D eigenvalue weighted by atomic mass is 10.1. The maximum atomic E-state index is 12.9. The monoisotopic (exact) mass is 422 g/mol. The average molecular weight is 423 g/mol. The van der Waals surface area contributed by atoms with Crippen LogP contribution in [0.4, 0.5) is 4.79 Å². The molecule has 0 saturated heterocycles. The molecule has 2 aromatic rings. The summed E-state index contributed by atoms with van der Waals surface area (Å²) in [7, 11) is 0. The normalized spacial score (nSPS) is 10.9. The van der Waals surface area contributed by atoms with Crippen LogP contribution in [0.2, 0.25) is 5.02 Å². The molecule has 150 valence electrons. The molecule has 0 saturated carbocycles. The molecule has 0 unspecified atom stereocenters. The molecule has 28 heavy (non-hydrogen) atoms. The van der Waals surface area contributed by atoms with Gasteiger partial charge >= 0.3 is 6.03 Å². The summed E-state index contributed by atoms with van der Waals surface area (Å²) in [5.74, 6) is -0.133. The number of rotatable bonds is 8. The Bertz CT molecular complexity index is 943. The zero-order valence-corrected chi connectivity index (χ0v) is 17.4. The van der Waals surface area contributed by atoms with Gasteiger partial charge in [-0.1, -0.05) is 43.3 Å². The Morgan fingerprint density at radius 3 is 2.82 bits per heavy atom. The highest BCUT2D eigenvalue weighted by molar-refractivity contribution is 7.99. The number of nitrogens with zero attached hydrogens (tertiary/aromatic N) is 2. The maximum Gasteiger partial charge on any atom is 0.321 e. The van der Waals surface area contributed by atoms with E-state index in [-0.39, 0.29) is 17.9 Å². The minimum absolute atomic E-state index is 0.0539. The molecule has 0 aliphatic heterocycles. The zero-order valence-electron chi connectivity index (χ0n) is 15.8. The van der Waals surface area contributed by atoms with E-state index in [0.29, 0.717) is 33.5 Å². The highest BCUT2D eigenvalue weighted by atomic mass is 35.5. The van der Waals surface area contributed by atoms with Crippen LogP contribution in [0.25, 0.3) is 10.9 Å². The number of fused-ring (bicyclic) bond motifs is 1. The molecular weight excluding hydrogens is 400 g/mol. The number of carbonyl (C=O) groups excluding carboxylic acids is 2. The van der Waals surface area contributed by atoms with Crippen LogP contribution in [0.1, 0.15) is 20.3 Å². The van der Waals surface area contributed by atoms with Crippen LogP contribution in [0.3, 0.4) is 0 Å². The first-order valence-corrected chi connectivity index (χ1v) is 10.2. The summed E-state index contributed by atoms with van der Waals surface area (Å²) < 4.78 is 1.58. The molecule has 0 spiro atoms. The molecule has 1 heterocycles. The van der Waals surface area contributed by atoms with E-state index in [2.05, 4.69) is 36.0 Å². The Labute approximate surface area is 172 Å². The number of urea groups is 1. The SMILES string of the molecule is C=CCNC(=O)NC(=O)CSc1nc2cc(Cl)ccc2c(=O)n1CCC(C)C. The molecule has 0 aliphatic rings. The highest BCUT2D eigenvalue weighted by Gasteiger charge is 2.15. The first kappa shape index (κ1) is 22.0. The second-order valence-corrected chi connectivity index (χ2v) is 7.91. The molecule has 0 aliphatic carbocycles. The second kappa shape index (κ2) is 10.3. The van der Waals surface area contributed by atoms with Gasteiger partial charge in [0.1, 0.15) is 0 Å². The largest absolute Gasteiger partial charge is 0.334 e. The van der Waals surface area contributed by atoms with Crippen molar-refractivity contribution >= 4 is 46.2 Å². The summed E-state index contributed by atoms with van der Waals surface area (Å²) in [4.78, 5) is 41.0. The fourth-order valence-electron chi connectivity index (χ4n) is 2.37. The summed E-state index contributed by atoms with van der Waals surface area (Å²) in [6.07, 6.45) is 2.31. The van der Waals surface area contributed by atoms with Crippen LogP contribution in [0.5, 0.6) is 0 Å².